The maximum atomic E-state index is 13.4. The van der Waals surface area contributed by atoms with Crippen molar-refractivity contribution in [3.8, 4) is 0 Å². The minimum Gasteiger partial charge on any atom is -0.322 e. The second-order valence-electron chi connectivity index (χ2n) is 3.95. The van der Waals surface area contributed by atoms with Crippen LogP contribution in [0.2, 0.25) is 0 Å². The average molecular weight is 305 g/mol. The van der Waals surface area contributed by atoms with Gasteiger partial charge < -0.3 is 10.6 Å². The quantitative estimate of drug-likeness (QED) is 0.897. The lowest BCUT2D eigenvalue weighted by Crippen LogP contribution is -2.29. The van der Waals surface area contributed by atoms with Crippen molar-refractivity contribution in [2.75, 3.05) is 11.9 Å². The molecule has 0 bridgehead atoms. The fourth-order valence-electron chi connectivity index (χ4n) is 1.37. The minimum atomic E-state index is -0.795. The number of carbonyl (C=O) groups is 1. The van der Waals surface area contributed by atoms with Gasteiger partial charge >= 0.3 is 0 Å². The summed E-state index contributed by atoms with van der Waals surface area (Å²) in [6.07, 6.45) is 2.14. The standard InChI is InChI=1S/C11H11BrF2N2O/c12-8-3-6(13)4-9(14)11(8)16-10(17)5-15-7-1-2-7/h3-4,7,15H,1-2,5H2,(H,16,17). The maximum absolute atomic E-state index is 13.4. The maximum Gasteiger partial charge on any atom is 0.238 e. The third kappa shape index (κ3) is 3.47. The predicted octanol–water partition coefficient (Wildman–Crippen LogP) is 2.42. The molecule has 2 rings (SSSR count). The molecule has 17 heavy (non-hydrogen) atoms. The summed E-state index contributed by atoms with van der Waals surface area (Å²) in [7, 11) is 0. The molecule has 0 aliphatic heterocycles. The molecule has 0 aromatic heterocycles. The third-order valence-corrected chi connectivity index (χ3v) is 3.03. The van der Waals surface area contributed by atoms with Crippen molar-refractivity contribution < 1.29 is 13.6 Å². The molecular formula is C11H11BrF2N2O. The van der Waals surface area contributed by atoms with Crippen molar-refractivity contribution in [1.29, 1.82) is 0 Å². The molecule has 92 valence electrons. The number of carbonyl (C=O) groups excluding carboxylic acids is 1. The molecule has 1 aromatic carbocycles. The molecule has 0 spiro atoms. The van der Waals surface area contributed by atoms with Gasteiger partial charge in [-0.1, -0.05) is 0 Å². The molecular weight excluding hydrogens is 294 g/mol. The molecule has 1 aromatic rings. The fourth-order valence-corrected chi connectivity index (χ4v) is 1.88. The van der Waals surface area contributed by atoms with Gasteiger partial charge in [-0.05, 0) is 34.8 Å². The van der Waals surface area contributed by atoms with E-state index in [-0.39, 0.29) is 22.6 Å². The predicted molar refractivity (Wildman–Crippen MR) is 63.7 cm³/mol. The first-order valence-electron chi connectivity index (χ1n) is 5.24. The van der Waals surface area contributed by atoms with Crippen LogP contribution in [-0.4, -0.2) is 18.5 Å². The molecule has 1 aliphatic rings. The van der Waals surface area contributed by atoms with E-state index in [0.29, 0.717) is 6.04 Å². The molecule has 1 saturated carbocycles. The summed E-state index contributed by atoms with van der Waals surface area (Å²) in [6, 6.07) is 2.24. The van der Waals surface area contributed by atoms with Crippen LogP contribution in [0, 0.1) is 11.6 Å². The number of rotatable bonds is 4. The molecule has 0 atom stereocenters. The van der Waals surface area contributed by atoms with Crippen LogP contribution in [0.3, 0.4) is 0 Å². The van der Waals surface area contributed by atoms with Gasteiger partial charge in [-0.15, -0.1) is 0 Å². The van der Waals surface area contributed by atoms with Gasteiger partial charge in [0.2, 0.25) is 5.91 Å². The Hall–Kier alpha value is -1.01. The zero-order chi connectivity index (χ0) is 12.4. The number of benzene rings is 1. The van der Waals surface area contributed by atoms with Crippen LogP contribution in [0.25, 0.3) is 0 Å². The smallest absolute Gasteiger partial charge is 0.238 e. The largest absolute Gasteiger partial charge is 0.322 e. The Morgan fingerprint density at radius 1 is 1.41 bits per heavy atom. The van der Waals surface area contributed by atoms with Gasteiger partial charge in [0.05, 0.1) is 12.2 Å². The lowest BCUT2D eigenvalue weighted by Gasteiger charge is -2.09. The number of amides is 1. The first-order chi connectivity index (χ1) is 8.06. The van der Waals surface area contributed by atoms with E-state index in [1.165, 1.54) is 0 Å². The van der Waals surface area contributed by atoms with Crippen LogP contribution < -0.4 is 10.6 Å². The van der Waals surface area contributed by atoms with Gasteiger partial charge in [-0.2, -0.15) is 0 Å². The van der Waals surface area contributed by atoms with Crippen molar-refractivity contribution in [1.82, 2.24) is 5.32 Å². The fraction of sp³-hybridized carbons (Fsp3) is 0.364. The zero-order valence-electron chi connectivity index (χ0n) is 8.90. The van der Waals surface area contributed by atoms with Gasteiger partial charge in [-0.3, -0.25) is 4.79 Å². The summed E-state index contributed by atoms with van der Waals surface area (Å²) in [5.74, 6) is -1.83. The van der Waals surface area contributed by atoms with Crippen LogP contribution in [-0.2, 0) is 4.79 Å². The average Bonchev–Trinajstić information content (AvgIpc) is 3.04. The van der Waals surface area contributed by atoms with Gasteiger partial charge in [0.25, 0.3) is 0 Å². The lowest BCUT2D eigenvalue weighted by molar-refractivity contribution is -0.115. The highest BCUT2D eigenvalue weighted by molar-refractivity contribution is 9.10. The first kappa shape index (κ1) is 12.4. The SMILES string of the molecule is O=C(CNC1CC1)Nc1c(F)cc(F)cc1Br. The van der Waals surface area contributed by atoms with E-state index >= 15 is 0 Å². The van der Waals surface area contributed by atoms with E-state index < -0.39 is 11.6 Å². The number of hydrogen-bond acceptors (Lipinski definition) is 2. The molecule has 0 heterocycles. The normalized spacial score (nSPS) is 14.8. The number of hydrogen-bond donors (Lipinski definition) is 2. The van der Waals surface area contributed by atoms with Crippen LogP contribution in [0.1, 0.15) is 12.8 Å². The highest BCUT2D eigenvalue weighted by atomic mass is 79.9. The van der Waals surface area contributed by atoms with Crippen molar-refractivity contribution in [3.63, 3.8) is 0 Å². The van der Waals surface area contributed by atoms with E-state index in [4.69, 9.17) is 0 Å². The molecule has 1 amide bonds. The second kappa shape index (κ2) is 5.10. The highest BCUT2D eigenvalue weighted by Crippen LogP contribution is 2.26. The van der Waals surface area contributed by atoms with Gasteiger partial charge in [-0.25, -0.2) is 8.78 Å². The van der Waals surface area contributed by atoms with Gasteiger partial charge in [0.15, 0.2) is 5.82 Å². The zero-order valence-corrected chi connectivity index (χ0v) is 10.5. The van der Waals surface area contributed by atoms with Crippen molar-refractivity contribution in [3.05, 3.63) is 28.2 Å². The van der Waals surface area contributed by atoms with Crippen molar-refractivity contribution in [2.24, 2.45) is 0 Å². The van der Waals surface area contributed by atoms with Gasteiger partial charge in [0, 0.05) is 16.6 Å². The highest BCUT2D eigenvalue weighted by Gasteiger charge is 2.21. The van der Waals surface area contributed by atoms with Gasteiger partial charge in [0.1, 0.15) is 5.82 Å². The molecule has 2 N–H and O–H groups in total. The summed E-state index contributed by atoms with van der Waals surface area (Å²) in [5, 5.41) is 5.40. The summed E-state index contributed by atoms with van der Waals surface area (Å²) in [6.45, 7) is 0.133. The Morgan fingerprint density at radius 3 is 2.71 bits per heavy atom. The summed E-state index contributed by atoms with van der Waals surface area (Å²) < 4.78 is 26.4. The summed E-state index contributed by atoms with van der Waals surface area (Å²) in [4.78, 5) is 11.5. The van der Waals surface area contributed by atoms with Crippen molar-refractivity contribution in [2.45, 2.75) is 18.9 Å². The molecule has 1 fully saturated rings. The Kier molecular flexibility index (Phi) is 3.73. The molecule has 0 radical (unpaired) electrons. The summed E-state index contributed by atoms with van der Waals surface area (Å²) >= 11 is 3.00. The molecule has 1 aliphatic carbocycles. The topological polar surface area (TPSA) is 41.1 Å². The monoisotopic (exact) mass is 304 g/mol. The molecule has 0 unspecified atom stereocenters. The summed E-state index contributed by atoms with van der Waals surface area (Å²) in [5.41, 5.74) is -0.0333. The Morgan fingerprint density at radius 2 is 2.12 bits per heavy atom. The second-order valence-corrected chi connectivity index (χ2v) is 4.80. The lowest BCUT2D eigenvalue weighted by atomic mass is 10.3. The Bertz CT molecular complexity index is 426. The van der Waals surface area contributed by atoms with E-state index in [2.05, 4.69) is 26.6 Å². The Labute approximate surface area is 106 Å². The molecule has 0 saturated heterocycles. The van der Waals surface area contributed by atoms with E-state index in [1.54, 1.807) is 0 Å². The first-order valence-corrected chi connectivity index (χ1v) is 6.03. The number of halogens is 3. The number of anilines is 1. The molecule has 6 heteroatoms. The van der Waals surface area contributed by atoms with E-state index in [0.717, 1.165) is 25.0 Å². The number of nitrogens with one attached hydrogen (secondary N) is 2. The van der Waals surface area contributed by atoms with Crippen molar-refractivity contribution >= 4 is 27.5 Å². The van der Waals surface area contributed by atoms with Crippen LogP contribution >= 0.6 is 15.9 Å². The van der Waals surface area contributed by atoms with E-state index in [9.17, 15) is 13.6 Å². The van der Waals surface area contributed by atoms with Crippen LogP contribution in [0.5, 0.6) is 0 Å². The minimum absolute atomic E-state index is 0.0333. The van der Waals surface area contributed by atoms with Crippen LogP contribution in [0.4, 0.5) is 14.5 Å². The van der Waals surface area contributed by atoms with E-state index in [1.807, 2.05) is 0 Å². The molecule has 3 nitrogen and oxygen atoms in total. The Balaban J connectivity index is 1.99. The third-order valence-electron chi connectivity index (χ3n) is 2.40. The van der Waals surface area contributed by atoms with Crippen LogP contribution in [0.15, 0.2) is 16.6 Å².